The predicted molar refractivity (Wildman–Crippen MR) is 111 cm³/mol. The van der Waals surface area contributed by atoms with Gasteiger partial charge in [0.25, 0.3) is 0 Å². The van der Waals surface area contributed by atoms with Gasteiger partial charge in [0.1, 0.15) is 23.6 Å². The number of hydrogen-bond acceptors (Lipinski definition) is 5. The highest BCUT2D eigenvalue weighted by molar-refractivity contribution is 5.95. The highest BCUT2D eigenvalue weighted by Crippen LogP contribution is 2.36. The second kappa shape index (κ2) is 7.53. The van der Waals surface area contributed by atoms with E-state index in [1.54, 1.807) is 16.8 Å². The Morgan fingerprint density at radius 2 is 1.73 bits per heavy atom. The normalized spacial score (nSPS) is 11.3. The lowest BCUT2D eigenvalue weighted by Gasteiger charge is -2.03. The van der Waals surface area contributed by atoms with Crippen molar-refractivity contribution >= 4 is 11.1 Å². The molecule has 3 heterocycles. The van der Waals surface area contributed by atoms with Crippen LogP contribution in [0.15, 0.2) is 77.6 Å². The first-order valence-electron chi connectivity index (χ1n) is 9.47. The van der Waals surface area contributed by atoms with Crippen molar-refractivity contribution in [3.8, 4) is 33.8 Å². The van der Waals surface area contributed by atoms with Gasteiger partial charge in [-0.1, -0.05) is 30.3 Å². The number of aliphatic hydroxyl groups excluding tert-OH is 1. The lowest BCUT2D eigenvalue weighted by Crippen LogP contribution is -2.02. The quantitative estimate of drug-likeness (QED) is 0.468. The van der Waals surface area contributed by atoms with E-state index in [4.69, 9.17) is 4.42 Å². The second-order valence-corrected chi connectivity index (χ2v) is 6.80. The lowest BCUT2D eigenvalue weighted by atomic mass is 10.0. The predicted octanol–water partition coefficient (Wildman–Crippen LogP) is 4.55. The molecule has 6 nitrogen and oxygen atoms in total. The van der Waals surface area contributed by atoms with E-state index < -0.39 is 0 Å². The number of hydrogen-bond donors (Lipinski definition) is 1. The SMILES string of the molecule is OCCn1cc(-c2ncnc3oc(-c4ccccc4)cc23)c(-c2ccc(F)cc2)n1. The van der Waals surface area contributed by atoms with E-state index in [1.165, 1.54) is 18.5 Å². The third-order valence-corrected chi connectivity index (χ3v) is 4.85. The number of halogens is 1. The Morgan fingerprint density at radius 1 is 0.933 bits per heavy atom. The molecule has 30 heavy (non-hydrogen) atoms. The number of fused-ring (bicyclic) bond motifs is 1. The minimum Gasteiger partial charge on any atom is -0.438 e. The summed E-state index contributed by atoms with van der Waals surface area (Å²) in [5.41, 5.74) is 4.22. The van der Waals surface area contributed by atoms with Crippen LogP contribution in [0.2, 0.25) is 0 Å². The molecule has 0 unspecified atom stereocenters. The van der Waals surface area contributed by atoms with E-state index in [0.29, 0.717) is 29.4 Å². The monoisotopic (exact) mass is 400 g/mol. The summed E-state index contributed by atoms with van der Waals surface area (Å²) >= 11 is 0. The van der Waals surface area contributed by atoms with Crippen molar-refractivity contribution in [2.75, 3.05) is 6.61 Å². The molecule has 0 aliphatic heterocycles. The molecule has 0 saturated carbocycles. The Hall–Kier alpha value is -3.84. The van der Waals surface area contributed by atoms with Gasteiger partial charge in [0.15, 0.2) is 0 Å². The molecule has 1 N–H and O–H groups in total. The molecule has 0 amide bonds. The van der Waals surface area contributed by atoms with Gasteiger partial charge in [-0.2, -0.15) is 5.10 Å². The van der Waals surface area contributed by atoms with Gasteiger partial charge >= 0.3 is 0 Å². The maximum absolute atomic E-state index is 13.4. The molecular weight excluding hydrogens is 383 g/mol. The molecule has 3 aromatic heterocycles. The molecular formula is C23H17FN4O2. The topological polar surface area (TPSA) is 77.0 Å². The number of aliphatic hydroxyl groups is 1. The van der Waals surface area contributed by atoms with Crippen LogP contribution < -0.4 is 0 Å². The van der Waals surface area contributed by atoms with Gasteiger partial charge in [-0.25, -0.2) is 14.4 Å². The van der Waals surface area contributed by atoms with Crippen molar-refractivity contribution < 1.29 is 13.9 Å². The molecule has 5 rings (SSSR count). The number of nitrogens with zero attached hydrogens (tertiary/aromatic N) is 4. The molecule has 0 radical (unpaired) electrons. The van der Waals surface area contributed by atoms with E-state index in [2.05, 4.69) is 15.1 Å². The fourth-order valence-corrected chi connectivity index (χ4v) is 3.45. The minimum atomic E-state index is -0.318. The molecule has 0 aliphatic rings. The molecule has 148 valence electrons. The van der Waals surface area contributed by atoms with Crippen LogP contribution in [0.3, 0.4) is 0 Å². The molecule has 0 atom stereocenters. The van der Waals surface area contributed by atoms with Crippen LogP contribution in [0.5, 0.6) is 0 Å². The molecule has 0 saturated heterocycles. The highest BCUT2D eigenvalue weighted by atomic mass is 19.1. The standard InChI is InChI=1S/C23H17FN4O2/c24-17-8-6-16(7-9-17)21-19(13-28(27-21)10-11-29)22-18-12-20(15-4-2-1-3-5-15)30-23(18)26-14-25-22/h1-9,12-14,29H,10-11H2. The van der Waals surface area contributed by atoms with E-state index in [9.17, 15) is 9.50 Å². The molecule has 0 aliphatic carbocycles. The van der Waals surface area contributed by atoms with Gasteiger partial charge in [-0.05, 0) is 30.3 Å². The number of rotatable bonds is 5. The molecule has 7 heteroatoms. The summed E-state index contributed by atoms with van der Waals surface area (Å²) in [5.74, 6) is 0.375. The van der Waals surface area contributed by atoms with Gasteiger partial charge < -0.3 is 9.52 Å². The molecule has 0 bridgehead atoms. The Bertz CT molecular complexity index is 1310. The molecule has 0 spiro atoms. The van der Waals surface area contributed by atoms with Gasteiger partial charge in [-0.3, -0.25) is 4.68 Å². The van der Waals surface area contributed by atoms with Crippen LogP contribution in [0.4, 0.5) is 4.39 Å². The van der Waals surface area contributed by atoms with Crippen LogP contribution in [0, 0.1) is 5.82 Å². The van der Waals surface area contributed by atoms with Crippen molar-refractivity contribution in [1.82, 2.24) is 19.7 Å². The Kier molecular flexibility index (Phi) is 4.57. The maximum atomic E-state index is 13.4. The molecule has 2 aromatic carbocycles. The summed E-state index contributed by atoms with van der Waals surface area (Å²) in [7, 11) is 0. The van der Waals surface area contributed by atoms with Crippen LogP contribution >= 0.6 is 0 Å². The van der Waals surface area contributed by atoms with Gasteiger partial charge in [0.2, 0.25) is 5.71 Å². The second-order valence-electron chi connectivity index (χ2n) is 6.80. The third-order valence-electron chi connectivity index (χ3n) is 4.85. The molecule has 5 aromatic rings. The van der Waals surface area contributed by atoms with Gasteiger partial charge in [0.05, 0.1) is 24.2 Å². The zero-order valence-corrected chi connectivity index (χ0v) is 15.9. The average Bonchev–Trinajstić information content (AvgIpc) is 3.39. The third kappa shape index (κ3) is 3.25. The lowest BCUT2D eigenvalue weighted by molar-refractivity contribution is 0.269. The summed E-state index contributed by atoms with van der Waals surface area (Å²) in [5, 5.41) is 14.7. The smallest absolute Gasteiger partial charge is 0.230 e. The van der Waals surface area contributed by atoms with E-state index in [1.807, 2.05) is 42.6 Å². The summed E-state index contributed by atoms with van der Waals surface area (Å²) in [4.78, 5) is 8.78. The Morgan fingerprint density at radius 3 is 2.50 bits per heavy atom. The van der Waals surface area contributed by atoms with E-state index in [-0.39, 0.29) is 12.4 Å². The van der Waals surface area contributed by atoms with Crippen LogP contribution in [0.1, 0.15) is 0 Å². The zero-order valence-electron chi connectivity index (χ0n) is 15.9. The van der Waals surface area contributed by atoms with E-state index in [0.717, 1.165) is 22.1 Å². The Labute approximate surface area is 171 Å². The van der Waals surface area contributed by atoms with Gasteiger partial charge in [-0.15, -0.1) is 0 Å². The first-order valence-corrected chi connectivity index (χ1v) is 9.47. The average molecular weight is 400 g/mol. The first kappa shape index (κ1) is 18.2. The van der Waals surface area contributed by atoms with Crippen molar-refractivity contribution in [2.24, 2.45) is 0 Å². The molecule has 0 fully saturated rings. The van der Waals surface area contributed by atoms with Crippen molar-refractivity contribution in [3.63, 3.8) is 0 Å². The Balaban J connectivity index is 1.70. The van der Waals surface area contributed by atoms with Crippen molar-refractivity contribution in [2.45, 2.75) is 6.54 Å². The fourth-order valence-electron chi connectivity index (χ4n) is 3.45. The largest absolute Gasteiger partial charge is 0.438 e. The van der Waals surface area contributed by atoms with Crippen molar-refractivity contribution in [3.05, 3.63) is 79.0 Å². The van der Waals surface area contributed by atoms with E-state index >= 15 is 0 Å². The number of aromatic nitrogens is 4. The van der Waals surface area contributed by atoms with Crippen LogP contribution in [0.25, 0.3) is 44.9 Å². The highest BCUT2D eigenvalue weighted by Gasteiger charge is 2.19. The number of furan rings is 1. The fraction of sp³-hybridized carbons (Fsp3) is 0.0870. The zero-order chi connectivity index (χ0) is 20.5. The minimum absolute atomic E-state index is 0.0486. The van der Waals surface area contributed by atoms with Crippen LogP contribution in [-0.4, -0.2) is 31.5 Å². The number of benzene rings is 2. The van der Waals surface area contributed by atoms with Crippen molar-refractivity contribution in [1.29, 1.82) is 0 Å². The van der Waals surface area contributed by atoms with Gasteiger partial charge in [0, 0.05) is 22.9 Å². The maximum Gasteiger partial charge on any atom is 0.230 e. The summed E-state index contributed by atoms with van der Waals surface area (Å²) in [6.45, 7) is 0.288. The van der Waals surface area contributed by atoms with Crippen LogP contribution in [-0.2, 0) is 6.54 Å². The summed E-state index contributed by atoms with van der Waals surface area (Å²) in [6.07, 6.45) is 3.28. The summed E-state index contributed by atoms with van der Waals surface area (Å²) in [6, 6.07) is 17.8. The summed E-state index contributed by atoms with van der Waals surface area (Å²) < 4.78 is 21.0. The first-order chi connectivity index (χ1) is 14.7.